The number of carbonyl (C=O) groups is 2. The fourth-order valence-electron chi connectivity index (χ4n) is 12.6. The Morgan fingerprint density at radius 1 is 0.333 bits per heavy atom. The molecule has 0 saturated heterocycles. The van der Waals surface area contributed by atoms with Gasteiger partial charge in [-0.15, -0.1) is 0 Å². The molecule has 0 radical (unpaired) electrons. The molecule has 0 bridgehead atoms. The predicted octanol–water partition coefficient (Wildman–Crippen LogP) is 27.3. The van der Waals surface area contributed by atoms with Gasteiger partial charge in [-0.2, -0.15) is 0 Å². The summed E-state index contributed by atoms with van der Waals surface area (Å²) in [5.41, 5.74) is 0. The lowest BCUT2D eigenvalue weighted by atomic mass is 10.0. The lowest BCUT2D eigenvalue weighted by molar-refractivity contribution is -0.870. The summed E-state index contributed by atoms with van der Waals surface area (Å²) in [5, 5.41) is 0. The molecule has 0 saturated carbocycles. The number of rotatable bonds is 78. The van der Waals surface area contributed by atoms with Crippen LogP contribution in [0.5, 0.6) is 0 Å². The van der Waals surface area contributed by atoms with Gasteiger partial charge in [0.05, 0.1) is 27.7 Å². The highest BCUT2D eigenvalue weighted by Gasteiger charge is 2.27. The summed E-state index contributed by atoms with van der Waals surface area (Å²) >= 11 is 0. The number of esters is 2. The number of ether oxygens (including phenoxy) is 2. The third-order valence-corrected chi connectivity index (χ3v) is 19.9. The van der Waals surface area contributed by atoms with E-state index in [1.54, 1.807) is 0 Å². The van der Waals surface area contributed by atoms with E-state index in [1.165, 1.54) is 353 Å². The number of hydrogen-bond donors (Lipinski definition) is 1. The van der Waals surface area contributed by atoms with Crippen LogP contribution in [0.3, 0.4) is 0 Å². The molecule has 2 unspecified atom stereocenters. The normalized spacial score (nSPS) is 13.1. The number of quaternary nitrogens is 1. The Kier molecular flexibility index (Phi) is 73.0. The van der Waals surface area contributed by atoms with E-state index in [1.807, 2.05) is 21.1 Å². The van der Waals surface area contributed by atoms with E-state index in [9.17, 15) is 19.0 Å². The largest absolute Gasteiger partial charge is 0.472 e. The van der Waals surface area contributed by atoms with Crippen molar-refractivity contribution in [1.82, 2.24) is 0 Å². The minimum absolute atomic E-state index is 0.0350. The summed E-state index contributed by atoms with van der Waals surface area (Å²) < 4.78 is 34.9. The smallest absolute Gasteiger partial charge is 0.462 e. The molecule has 2 atom stereocenters. The molecule has 0 spiro atoms. The summed E-state index contributed by atoms with van der Waals surface area (Å²) in [7, 11) is 1.50. The summed E-state index contributed by atoms with van der Waals surface area (Å²) in [5.74, 6) is -0.771. The maximum absolute atomic E-state index is 12.9. The average molecular weight is 1330 g/mol. The van der Waals surface area contributed by atoms with Crippen molar-refractivity contribution < 1.29 is 42.1 Å². The van der Waals surface area contributed by atoms with Crippen LogP contribution in [0.1, 0.15) is 431 Å². The van der Waals surface area contributed by atoms with E-state index in [0.717, 1.165) is 44.9 Å². The molecule has 0 aliphatic heterocycles. The lowest BCUT2D eigenvalue weighted by Gasteiger charge is -2.24. The van der Waals surface area contributed by atoms with Crippen molar-refractivity contribution in [2.24, 2.45) is 0 Å². The number of allylic oxidation sites excluding steroid dienone is 6. The molecule has 93 heavy (non-hydrogen) atoms. The first-order valence-corrected chi connectivity index (χ1v) is 42.7. The Bertz CT molecular complexity index is 1660. The Labute approximate surface area is 580 Å². The van der Waals surface area contributed by atoms with Crippen molar-refractivity contribution in [2.45, 2.75) is 437 Å². The first kappa shape index (κ1) is 91.2. The molecular formula is C83H161NO8P+. The topological polar surface area (TPSA) is 108 Å². The van der Waals surface area contributed by atoms with Crippen LogP contribution in [0.2, 0.25) is 0 Å². The Hall–Kier alpha value is -1.77. The number of phosphoric acid groups is 1. The van der Waals surface area contributed by atoms with E-state index in [-0.39, 0.29) is 25.6 Å². The van der Waals surface area contributed by atoms with Crippen LogP contribution in [-0.2, 0) is 32.7 Å². The van der Waals surface area contributed by atoms with E-state index in [0.29, 0.717) is 23.9 Å². The molecule has 0 aromatic carbocycles. The zero-order chi connectivity index (χ0) is 67.6. The highest BCUT2D eigenvalue weighted by atomic mass is 31.2. The van der Waals surface area contributed by atoms with Crippen LogP contribution < -0.4 is 0 Å². The SMILES string of the molecule is CCCCCCC/C=C\C/C=C\C/C=C\CCCCCCCCCCCCCCCCCCCCC(=O)OC(COC(=O)CCCCCCCCCCCCCCCCCCCCCCCCCCCCCCCCCCCCCC)COP(=O)(O)OCC[N+](C)(C)C. The maximum atomic E-state index is 12.9. The summed E-state index contributed by atoms with van der Waals surface area (Å²) in [4.78, 5) is 36.0. The number of nitrogens with zero attached hydrogens (tertiary/aromatic N) is 1. The number of carbonyl (C=O) groups excluding carboxylic acids is 2. The number of likely N-dealkylation sites (N-methyl/N-ethyl adjacent to an activating group) is 1. The van der Waals surface area contributed by atoms with Gasteiger partial charge in [-0.3, -0.25) is 18.6 Å². The zero-order valence-corrected chi connectivity index (χ0v) is 63.9. The highest BCUT2D eigenvalue weighted by Crippen LogP contribution is 2.43. The standard InChI is InChI=1S/C83H160NO8P/c1-6-8-10-12-14-16-18-20-22-24-26-28-30-32-34-36-38-40-41-42-44-45-47-49-51-53-55-57-59-61-63-65-67-69-71-73-75-82(85)89-79-81(80-91-93(87,88)90-78-77-84(3,4)5)92-83(86)76-74-72-70-68-66-64-62-60-58-56-54-52-50-48-46-43-39-37-35-33-31-29-27-25-23-21-19-17-15-13-11-9-7-2/h19,21,25,27,31,33,81H,6-18,20,22-24,26,28-30,32,34-80H2,1-5H3/p+1/b21-19-,27-25-,33-31-. The van der Waals surface area contributed by atoms with Crippen LogP contribution in [0.15, 0.2) is 36.5 Å². The van der Waals surface area contributed by atoms with Gasteiger partial charge in [0, 0.05) is 12.8 Å². The quantitative estimate of drug-likeness (QED) is 0.0211. The molecule has 1 N–H and O–H groups in total. The predicted molar refractivity (Wildman–Crippen MR) is 404 cm³/mol. The Balaban J connectivity index is 3.89. The van der Waals surface area contributed by atoms with Gasteiger partial charge >= 0.3 is 19.8 Å². The molecule has 0 aliphatic rings. The van der Waals surface area contributed by atoms with Crippen LogP contribution in [0, 0.1) is 0 Å². The molecule has 0 aliphatic carbocycles. The van der Waals surface area contributed by atoms with Gasteiger partial charge in [-0.1, -0.05) is 403 Å². The molecule has 0 aromatic heterocycles. The summed E-state index contributed by atoms with van der Waals surface area (Å²) in [6.45, 7) is 4.51. The summed E-state index contributed by atoms with van der Waals surface area (Å²) in [6.07, 6.45) is 97.4. The first-order valence-electron chi connectivity index (χ1n) is 41.2. The Morgan fingerprint density at radius 2 is 0.581 bits per heavy atom. The zero-order valence-electron chi connectivity index (χ0n) is 63.0. The molecule has 9 nitrogen and oxygen atoms in total. The third-order valence-electron chi connectivity index (χ3n) is 18.9. The molecule has 0 heterocycles. The minimum Gasteiger partial charge on any atom is -0.462 e. The van der Waals surface area contributed by atoms with E-state index in [2.05, 4.69) is 50.3 Å². The number of hydrogen-bond acceptors (Lipinski definition) is 7. The van der Waals surface area contributed by atoms with Crippen molar-refractivity contribution in [2.75, 3.05) is 47.5 Å². The van der Waals surface area contributed by atoms with Crippen molar-refractivity contribution >= 4 is 19.8 Å². The second kappa shape index (κ2) is 74.5. The molecule has 10 heteroatoms. The molecule has 0 fully saturated rings. The fraction of sp³-hybridized carbons (Fsp3) is 0.904. The van der Waals surface area contributed by atoms with E-state index < -0.39 is 26.5 Å². The maximum Gasteiger partial charge on any atom is 0.472 e. The van der Waals surface area contributed by atoms with Crippen molar-refractivity contribution in [3.63, 3.8) is 0 Å². The van der Waals surface area contributed by atoms with Gasteiger partial charge < -0.3 is 18.9 Å². The molecule has 0 aromatic rings. The average Bonchev–Trinajstić information content (AvgIpc) is 2.30. The molecular weight excluding hydrogens is 1170 g/mol. The van der Waals surface area contributed by atoms with Crippen molar-refractivity contribution in [3.05, 3.63) is 36.5 Å². The monoisotopic (exact) mass is 1330 g/mol. The van der Waals surface area contributed by atoms with Crippen molar-refractivity contribution in [3.8, 4) is 0 Å². The molecule has 0 amide bonds. The van der Waals surface area contributed by atoms with Gasteiger partial charge in [0.25, 0.3) is 0 Å². The van der Waals surface area contributed by atoms with E-state index >= 15 is 0 Å². The van der Waals surface area contributed by atoms with Gasteiger partial charge in [-0.25, -0.2) is 4.57 Å². The van der Waals surface area contributed by atoms with Crippen molar-refractivity contribution in [1.29, 1.82) is 0 Å². The van der Waals surface area contributed by atoms with Crippen LogP contribution in [0.25, 0.3) is 0 Å². The van der Waals surface area contributed by atoms with Gasteiger partial charge in [0.15, 0.2) is 6.10 Å². The molecule has 550 valence electrons. The van der Waals surface area contributed by atoms with Gasteiger partial charge in [0.2, 0.25) is 0 Å². The van der Waals surface area contributed by atoms with Crippen LogP contribution in [0.4, 0.5) is 0 Å². The number of unbranched alkanes of at least 4 members (excludes halogenated alkanes) is 58. The second-order valence-electron chi connectivity index (χ2n) is 29.5. The summed E-state index contributed by atoms with van der Waals surface area (Å²) in [6, 6.07) is 0. The highest BCUT2D eigenvalue weighted by molar-refractivity contribution is 7.47. The van der Waals surface area contributed by atoms with Gasteiger partial charge in [-0.05, 0) is 51.4 Å². The molecule has 0 rings (SSSR count). The first-order chi connectivity index (χ1) is 45.5. The fourth-order valence-corrected chi connectivity index (χ4v) is 13.4. The second-order valence-corrected chi connectivity index (χ2v) is 31.0. The Morgan fingerprint density at radius 3 is 0.860 bits per heavy atom. The van der Waals surface area contributed by atoms with Crippen LogP contribution in [-0.4, -0.2) is 74.9 Å². The van der Waals surface area contributed by atoms with Crippen LogP contribution >= 0.6 is 7.82 Å². The third kappa shape index (κ3) is 79.1. The van der Waals surface area contributed by atoms with Gasteiger partial charge in [0.1, 0.15) is 19.8 Å². The minimum atomic E-state index is -4.39. The lowest BCUT2D eigenvalue weighted by Crippen LogP contribution is -2.37. The number of phosphoric ester groups is 1. The van der Waals surface area contributed by atoms with E-state index in [4.69, 9.17) is 18.5 Å².